The molecule has 1 fully saturated rings. The molecule has 1 aliphatic rings. The van der Waals surface area contributed by atoms with Crippen LogP contribution < -0.4 is 0 Å². The summed E-state index contributed by atoms with van der Waals surface area (Å²) in [4.78, 5) is 2.46. The van der Waals surface area contributed by atoms with Crippen molar-refractivity contribution >= 4 is 0 Å². The number of aryl methyl sites for hydroxylation is 2. The fraction of sp³-hybridized carbons (Fsp3) is 0.600. The predicted octanol–water partition coefficient (Wildman–Crippen LogP) is 2.51. The largest absolute Gasteiger partial charge is 0.393 e. The molecule has 0 saturated carbocycles. The molecule has 1 N–H and O–H groups in total. The SMILES string of the molecule is Cc1ccc(C)c(CN2CCC(C(C)O)C2)c1. The van der Waals surface area contributed by atoms with Gasteiger partial charge in [0, 0.05) is 13.1 Å². The molecular weight excluding hydrogens is 210 g/mol. The van der Waals surface area contributed by atoms with Crippen molar-refractivity contribution in [1.82, 2.24) is 4.90 Å². The summed E-state index contributed by atoms with van der Waals surface area (Å²) in [6, 6.07) is 6.65. The minimum Gasteiger partial charge on any atom is -0.393 e. The highest BCUT2D eigenvalue weighted by molar-refractivity contribution is 5.30. The maximum Gasteiger partial charge on any atom is 0.0552 e. The summed E-state index contributed by atoms with van der Waals surface area (Å²) in [5.41, 5.74) is 4.13. The Kier molecular flexibility index (Phi) is 3.85. The molecule has 0 aliphatic carbocycles. The van der Waals surface area contributed by atoms with Crippen LogP contribution in [0.3, 0.4) is 0 Å². The zero-order valence-corrected chi connectivity index (χ0v) is 11.1. The Hall–Kier alpha value is -0.860. The smallest absolute Gasteiger partial charge is 0.0552 e. The zero-order chi connectivity index (χ0) is 12.4. The molecule has 2 rings (SSSR count). The molecule has 2 nitrogen and oxygen atoms in total. The summed E-state index contributed by atoms with van der Waals surface area (Å²) in [6.45, 7) is 9.40. The normalized spacial score (nSPS) is 22.9. The second kappa shape index (κ2) is 5.19. The Balaban J connectivity index is 2.00. The summed E-state index contributed by atoms with van der Waals surface area (Å²) in [6.07, 6.45) is 0.960. The molecule has 2 unspecified atom stereocenters. The van der Waals surface area contributed by atoms with Crippen molar-refractivity contribution in [1.29, 1.82) is 0 Å². The molecule has 1 aromatic rings. The van der Waals surface area contributed by atoms with Crippen LogP contribution in [0, 0.1) is 19.8 Å². The summed E-state index contributed by atoms with van der Waals surface area (Å²) in [7, 11) is 0. The van der Waals surface area contributed by atoms with E-state index in [-0.39, 0.29) is 6.10 Å². The van der Waals surface area contributed by atoms with Gasteiger partial charge in [-0.25, -0.2) is 0 Å². The van der Waals surface area contributed by atoms with Gasteiger partial charge in [0.25, 0.3) is 0 Å². The highest BCUT2D eigenvalue weighted by Crippen LogP contribution is 2.22. The summed E-state index contributed by atoms with van der Waals surface area (Å²) in [5, 5.41) is 9.61. The van der Waals surface area contributed by atoms with Gasteiger partial charge in [-0.15, -0.1) is 0 Å². The van der Waals surface area contributed by atoms with E-state index in [4.69, 9.17) is 0 Å². The number of aliphatic hydroxyl groups excluding tert-OH is 1. The third-order valence-electron chi connectivity index (χ3n) is 3.89. The highest BCUT2D eigenvalue weighted by Gasteiger charge is 2.25. The molecule has 1 heterocycles. The van der Waals surface area contributed by atoms with Crippen molar-refractivity contribution in [3.05, 3.63) is 34.9 Å². The van der Waals surface area contributed by atoms with Gasteiger partial charge >= 0.3 is 0 Å². The number of hydrogen-bond acceptors (Lipinski definition) is 2. The highest BCUT2D eigenvalue weighted by atomic mass is 16.3. The van der Waals surface area contributed by atoms with Crippen LogP contribution in [0.25, 0.3) is 0 Å². The topological polar surface area (TPSA) is 23.5 Å². The first kappa shape index (κ1) is 12.6. The van der Waals surface area contributed by atoms with Gasteiger partial charge in [-0.2, -0.15) is 0 Å². The van der Waals surface area contributed by atoms with Crippen molar-refractivity contribution in [3.8, 4) is 0 Å². The van der Waals surface area contributed by atoms with Gasteiger partial charge < -0.3 is 5.11 Å². The van der Waals surface area contributed by atoms with Gasteiger partial charge in [0.15, 0.2) is 0 Å². The molecule has 1 aliphatic heterocycles. The average molecular weight is 233 g/mol. The second-order valence-electron chi connectivity index (χ2n) is 5.45. The molecule has 1 aromatic carbocycles. The lowest BCUT2D eigenvalue weighted by molar-refractivity contribution is 0.127. The molecule has 2 atom stereocenters. The first-order chi connectivity index (χ1) is 8.06. The van der Waals surface area contributed by atoms with Crippen molar-refractivity contribution in [2.24, 2.45) is 5.92 Å². The summed E-state index contributed by atoms with van der Waals surface area (Å²) < 4.78 is 0. The van der Waals surface area contributed by atoms with Gasteiger partial charge in [-0.05, 0) is 50.8 Å². The number of nitrogens with zero attached hydrogens (tertiary/aromatic N) is 1. The van der Waals surface area contributed by atoms with Gasteiger partial charge in [0.2, 0.25) is 0 Å². The third kappa shape index (κ3) is 3.08. The Labute approximate surface area is 104 Å². The van der Waals surface area contributed by atoms with Gasteiger partial charge in [-0.3, -0.25) is 4.90 Å². The molecule has 0 bridgehead atoms. The van der Waals surface area contributed by atoms with E-state index in [9.17, 15) is 5.11 Å². The standard InChI is InChI=1S/C15H23NO/c1-11-4-5-12(2)15(8-11)10-16-7-6-14(9-16)13(3)17/h4-5,8,13-14,17H,6-7,9-10H2,1-3H3. The van der Waals surface area contributed by atoms with Gasteiger partial charge in [0.1, 0.15) is 0 Å². The van der Waals surface area contributed by atoms with E-state index < -0.39 is 0 Å². The Morgan fingerprint density at radius 1 is 1.41 bits per heavy atom. The molecule has 0 amide bonds. The average Bonchev–Trinajstić information content (AvgIpc) is 2.72. The first-order valence-corrected chi connectivity index (χ1v) is 6.53. The predicted molar refractivity (Wildman–Crippen MR) is 71.0 cm³/mol. The van der Waals surface area contributed by atoms with E-state index in [2.05, 4.69) is 36.9 Å². The number of hydrogen-bond donors (Lipinski definition) is 1. The van der Waals surface area contributed by atoms with Crippen LogP contribution in [0.15, 0.2) is 18.2 Å². The maximum absolute atomic E-state index is 9.61. The van der Waals surface area contributed by atoms with E-state index in [1.807, 2.05) is 6.92 Å². The molecule has 17 heavy (non-hydrogen) atoms. The first-order valence-electron chi connectivity index (χ1n) is 6.53. The van der Waals surface area contributed by atoms with E-state index in [1.165, 1.54) is 16.7 Å². The summed E-state index contributed by atoms with van der Waals surface area (Å²) in [5.74, 6) is 0.458. The number of aliphatic hydroxyl groups is 1. The monoisotopic (exact) mass is 233 g/mol. The van der Waals surface area contributed by atoms with Crippen molar-refractivity contribution in [2.45, 2.75) is 39.8 Å². The number of benzene rings is 1. The number of rotatable bonds is 3. The molecule has 1 saturated heterocycles. The molecular formula is C15H23NO. The molecule has 94 valence electrons. The van der Waals surface area contributed by atoms with Crippen LogP contribution in [0.2, 0.25) is 0 Å². The Morgan fingerprint density at radius 2 is 2.18 bits per heavy atom. The molecule has 0 radical (unpaired) electrons. The minimum atomic E-state index is -0.168. The molecule has 0 spiro atoms. The van der Waals surface area contributed by atoms with Gasteiger partial charge in [0.05, 0.1) is 6.10 Å². The van der Waals surface area contributed by atoms with E-state index >= 15 is 0 Å². The van der Waals surface area contributed by atoms with Crippen LogP contribution in [0.1, 0.15) is 30.0 Å². The van der Waals surface area contributed by atoms with Crippen LogP contribution in [-0.2, 0) is 6.54 Å². The molecule has 0 aromatic heterocycles. The fourth-order valence-electron chi connectivity index (χ4n) is 2.61. The van der Waals surface area contributed by atoms with Crippen LogP contribution in [-0.4, -0.2) is 29.2 Å². The lowest BCUT2D eigenvalue weighted by Gasteiger charge is -2.18. The van der Waals surface area contributed by atoms with Crippen LogP contribution in [0.4, 0.5) is 0 Å². The van der Waals surface area contributed by atoms with Gasteiger partial charge in [-0.1, -0.05) is 23.8 Å². The lowest BCUT2D eigenvalue weighted by atomic mass is 10.0. The minimum absolute atomic E-state index is 0.168. The van der Waals surface area contributed by atoms with E-state index in [0.717, 1.165) is 26.1 Å². The Bertz CT molecular complexity index is 387. The van der Waals surface area contributed by atoms with Crippen LogP contribution >= 0.6 is 0 Å². The summed E-state index contributed by atoms with van der Waals surface area (Å²) >= 11 is 0. The second-order valence-corrected chi connectivity index (χ2v) is 5.45. The fourth-order valence-corrected chi connectivity index (χ4v) is 2.61. The maximum atomic E-state index is 9.61. The Morgan fingerprint density at radius 3 is 2.82 bits per heavy atom. The zero-order valence-electron chi connectivity index (χ0n) is 11.1. The van der Waals surface area contributed by atoms with E-state index in [1.54, 1.807) is 0 Å². The van der Waals surface area contributed by atoms with Crippen molar-refractivity contribution in [2.75, 3.05) is 13.1 Å². The quantitative estimate of drug-likeness (QED) is 0.867. The lowest BCUT2D eigenvalue weighted by Crippen LogP contribution is -2.24. The number of likely N-dealkylation sites (tertiary alicyclic amines) is 1. The van der Waals surface area contributed by atoms with Crippen LogP contribution in [0.5, 0.6) is 0 Å². The third-order valence-corrected chi connectivity index (χ3v) is 3.89. The van der Waals surface area contributed by atoms with Crippen molar-refractivity contribution in [3.63, 3.8) is 0 Å². The molecule has 2 heteroatoms. The van der Waals surface area contributed by atoms with E-state index in [0.29, 0.717) is 5.92 Å². The van der Waals surface area contributed by atoms with Crippen molar-refractivity contribution < 1.29 is 5.11 Å².